The molecule has 1 rings (SSSR count). The molecule has 1 saturated heterocycles. The number of rotatable bonds is 2. The summed E-state index contributed by atoms with van der Waals surface area (Å²) in [6.07, 6.45) is 0.550. The highest BCUT2D eigenvalue weighted by Gasteiger charge is 2.38. The van der Waals surface area contributed by atoms with Crippen LogP contribution in [-0.2, 0) is 9.47 Å². The summed E-state index contributed by atoms with van der Waals surface area (Å²) in [6, 6.07) is 0. The fourth-order valence-electron chi connectivity index (χ4n) is 1.82. The van der Waals surface area contributed by atoms with Crippen molar-refractivity contribution in [2.24, 2.45) is 0 Å². The van der Waals surface area contributed by atoms with Crippen LogP contribution in [-0.4, -0.2) is 41.9 Å². The van der Waals surface area contributed by atoms with Gasteiger partial charge in [-0.15, -0.1) is 5.92 Å². The van der Waals surface area contributed by atoms with Crippen LogP contribution >= 0.6 is 0 Å². The first-order chi connectivity index (χ1) is 8.26. The van der Waals surface area contributed by atoms with Crippen LogP contribution in [0.1, 0.15) is 41.0 Å². The lowest BCUT2D eigenvalue weighted by Gasteiger charge is -2.26. The van der Waals surface area contributed by atoms with E-state index in [0.29, 0.717) is 19.7 Å². The number of amides is 1. The fraction of sp³-hybridized carbons (Fsp3) is 0.786. The van der Waals surface area contributed by atoms with Crippen LogP contribution in [0.2, 0.25) is 0 Å². The van der Waals surface area contributed by atoms with E-state index in [9.17, 15) is 4.79 Å². The second kappa shape index (κ2) is 5.62. The van der Waals surface area contributed by atoms with Crippen LogP contribution in [0.5, 0.6) is 0 Å². The molecule has 0 saturated carbocycles. The highest BCUT2D eigenvalue weighted by molar-refractivity contribution is 5.68. The summed E-state index contributed by atoms with van der Waals surface area (Å²) in [7, 11) is 0. The molecule has 0 aromatic heterocycles. The molecule has 0 aliphatic carbocycles. The molecule has 1 atom stereocenters. The third-order valence-corrected chi connectivity index (χ3v) is 2.76. The van der Waals surface area contributed by atoms with Gasteiger partial charge in [-0.3, -0.25) is 0 Å². The molecule has 0 aromatic carbocycles. The smallest absolute Gasteiger partial charge is 0.410 e. The molecule has 1 amide bonds. The molecule has 1 aliphatic heterocycles. The van der Waals surface area contributed by atoms with Gasteiger partial charge in [0.2, 0.25) is 0 Å². The summed E-state index contributed by atoms with van der Waals surface area (Å²) in [5, 5.41) is 0. The standard InChI is InChI=1S/C14H23NO3/c1-6-7-10-17-14(5)8-9-15(11-14)12(16)18-13(2,3)4/h8-11H2,1-5H3. The Hall–Kier alpha value is -1.21. The average Bonchev–Trinajstić information content (AvgIpc) is 2.59. The predicted molar refractivity (Wildman–Crippen MR) is 70.2 cm³/mol. The molecule has 1 heterocycles. The summed E-state index contributed by atoms with van der Waals surface area (Å²) in [6.45, 7) is 11.0. The van der Waals surface area contributed by atoms with E-state index in [0.717, 1.165) is 6.42 Å². The predicted octanol–water partition coefficient (Wildman–Crippen LogP) is 2.43. The van der Waals surface area contributed by atoms with Crippen molar-refractivity contribution >= 4 is 6.09 Å². The quantitative estimate of drug-likeness (QED) is 0.709. The minimum atomic E-state index is -0.454. The van der Waals surface area contributed by atoms with Crippen molar-refractivity contribution in [3.63, 3.8) is 0 Å². The lowest BCUT2D eigenvalue weighted by molar-refractivity contribution is -0.0117. The molecular formula is C14H23NO3. The van der Waals surface area contributed by atoms with Gasteiger partial charge in [0.1, 0.15) is 12.2 Å². The number of carbonyl (C=O) groups is 1. The van der Waals surface area contributed by atoms with Crippen LogP contribution in [0.4, 0.5) is 4.79 Å². The molecule has 4 nitrogen and oxygen atoms in total. The van der Waals surface area contributed by atoms with Crippen LogP contribution in [0.3, 0.4) is 0 Å². The van der Waals surface area contributed by atoms with Crippen molar-refractivity contribution in [1.82, 2.24) is 4.90 Å². The van der Waals surface area contributed by atoms with Crippen molar-refractivity contribution in [2.45, 2.75) is 52.2 Å². The molecular weight excluding hydrogens is 230 g/mol. The Morgan fingerprint density at radius 3 is 2.67 bits per heavy atom. The zero-order valence-electron chi connectivity index (χ0n) is 12.0. The Morgan fingerprint density at radius 1 is 1.44 bits per heavy atom. The number of ether oxygens (including phenoxy) is 2. The molecule has 0 spiro atoms. The van der Waals surface area contributed by atoms with Gasteiger partial charge in [0.15, 0.2) is 0 Å². The molecule has 1 fully saturated rings. The first-order valence-electron chi connectivity index (χ1n) is 6.27. The van der Waals surface area contributed by atoms with Gasteiger partial charge in [-0.05, 0) is 41.0 Å². The van der Waals surface area contributed by atoms with E-state index in [2.05, 4.69) is 11.8 Å². The van der Waals surface area contributed by atoms with E-state index < -0.39 is 5.60 Å². The summed E-state index contributed by atoms with van der Waals surface area (Å²) in [4.78, 5) is 13.6. The van der Waals surface area contributed by atoms with Gasteiger partial charge in [0, 0.05) is 6.54 Å². The highest BCUT2D eigenvalue weighted by atomic mass is 16.6. The SMILES string of the molecule is CC#CCOC1(C)CCN(C(=O)OC(C)(C)C)C1. The molecule has 0 aromatic rings. The number of nitrogens with zero attached hydrogens (tertiary/aromatic N) is 1. The molecule has 102 valence electrons. The maximum Gasteiger partial charge on any atom is 0.410 e. The van der Waals surface area contributed by atoms with Crippen molar-refractivity contribution in [3.8, 4) is 11.8 Å². The molecule has 1 unspecified atom stereocenters. The second-order valence-electron chi connectivity index (χ2n) is 5.82. The number of likely N-dealkylation sites (tertiary alicyclic amines) is 1. The lowest BCUT2D eigenvalue weighted by Crippen LogP contribution is -2.39. The van der Waals surface area contributed by atoms with Gasteiger partial charge < -0.3 is 14.4 Å². The number of hydrogen-bond donors (Lipinski definition) is 0. The normalized spacial score (nSPS) is 23.5. The van der Waals surface area contributed by atoms with Crippen molar-refractivity contribution < 1.29 is 14.3 Å². The third kappa shape index (κ3) is 4.58. The van der Waals surface area contributed by atoms with E-state index in [1.807, 2.05) is 27.7 Å². The van der Waals surface area contributed by atoms with Gasteiger partial charge in [-0.25, -0.2) is 4.79 Å². The molecule has 0 N–H and O–H groups in total. The topological polar surface area (TPSA) is 38.8 Å². The van der Waals surface area contributed by atoms with Crippen LogP contribution in [0, 0.1) is 11.8 Å². The third-order valence-electron chi connectivity index (χ3n) is 2.76. The van der Waals surface area contributed by atoms with Gasteiger partial charge in [0.25, 0.3) is 0 Å². The monoisotopic (exact) mass is 253 g/mol. The van der Waals surface area contributed by atoms with E-state index in [-0.39, 0.29) is 11.7 Å². The minimum Gasteiger partial charge on any atom is -0.444 e. The number of carbonyl (C=O) groups excluding carboxylic acids is 1. The second-order valence-corrected chi connectivity index (χ2v) is 5.82. The van der Waals surface area contributed by atoms with Crippen molar-refractivity contribution in [2.75, 3.05) is 19.7 Å². The lowest BCUT2D eigenvalue weighted by atomic mass is 10.1. The van der Waals surface area contributed by atoms with Gasteiger partial charge in [-0.2, -0.15) is 0 Å². The first-order valence-corrected chi connectivity index (χ1v) is 6.27. The van der Waals surface area contributed by atoms with Crippen molar-refractivity contribution in [3.05, 3.63) is 0 Å². The Kier molecular flexibility index (Phi) is 4.64. The zero-order chi connectivity index (χ0) is 13.8. The van der Waals surface area contributed by atoms with Crippen LogP contribution in [0.15, 0.2) is 0 Å². The molecule has 0 bridgehead atoms. The number of hydrogen-bond acceptors (Lipinski definition) is 3. The highest BCUT2D eigenvalue weighted by Crippen LogP contribution is 2.26. The molecule has 0 radical (unpaired) electrons. The van der Waals surface area contributed by atoms with Crippen LogP contribution in [0.25, 0.3) is 0 Å². The van der Waals surface area contributed by atoms with E-state index in [1.54, 1.807) is 11.8 Å². The molecule has 1 aliphatic rings. The zero-order valence-corrected chi connectivity index (χ0v) is 12.0. The van der Waals surface area contributed by atoms with Gasteiger partial charge in [0.05, 0.1) is 12.1 Å². The minimum absolute atomic E-state index is 0.267. The van der Waals surface area contributed by atoms with Gasteiger partial charge >= 0.3 is 6.09 Å². The first kappa shape index (κ1) is 14.8. The van der Waals surface area contributed by atoms with Crippen molar-refractivity contribution in [1.29, 1.82) is 0 Å². The van der Waals surface area contributed by atoms with E-state index in [1.165, 1.54) is 0 Å². The Bertz CT molecular complexity index is 361. The maximum atomic E-state index is 11.9. The van der Waals surface area contributed by atoms with Gasteiger partial charge in [-0.1, -0.05) is 5.92 Å². The largest absolute Gasteiger partial charge is 0.444 e. The summed E-state index contributed by atoms with van der Waals surface area (Å²) in [5.41, 5.74) is -0.759. The van der Waals surface area contributed by atoms with Crippen LogP contribution < -0.4 is 0 Å². The molecule has 4 heteroatoms. The Labute approximate surface area is 110 Å². The van der Waals surface area contributed by atoms with E-state index >= 15 is 0 Å². The summed E-state index contributed by atoms with van der Waals surface area (Å²) >= 11 is 0. The average molecular weight is 253 g/mol. The summed E-state index contributed by atoms with van der Waals surface area (Å²) in [5.74, 6) is 5.67. The Balaban J connectivity index is 2.48. The Morgan fingerprint density at radius 2 is 2.11 bits per heavy atom. The fourth-order valence-corrected chi connectivity index (χ4v) is 1.82. The summed E-state index contributed by atoms with van der Waals surface area (Å²) < 4.78 is 11.1. The molecule has 18 heavy (non-hydrogen) atoms. The maximum absolute atomic E-state index is 11.9. The van der Waals surface area contributed by atoms with E-state index in [4.69, 9.17) is 9.47 Å².